The number of carbonyl (C=O) groups is 1. The van der Waals surface area contributed by atoms with Crippen LogP contribution in [-0.4, -0.2) is 49.6 Å². The molecule has 3 heterocycles. The molecule has 0 radical (unpaired) electrons. The van der Waals surface area contributed by atoms with E-state index in [1.165, 1.54) is 6.40 Å². The van der Waals surface area contributed by atoms with Crippen molar-refractivity contribution >= 4 is 23.6 Å². The molecular formula is C12H14N2O3S. The minimum Gasteiger partial charge on any atom is -0.473 e. The van der Waals surface area contributed by atoms with Gasteiger partial charge in [-0.25, -0.2) is 4.99 Å². The van der Waals surface area contributed by atoms with Gasteiger partial charge in [0.1, 0.15) is 0 Å². The SMILES string of the molecule is O=C(C1N=CO[C@@H]1c1ccsc1)N1CCOCC1. The molecule has 0 N–H and O–H groups in total. The van der Waals surface area contributed by atoms with E-state index in [4.69, 9.17) is 9.47 Å². The van der Waals surface area contributed by atoms with Crippen molar-refractivity contribution in [3.63, 3.8) is 0 Å². The van der Waals surface area contributed by atoms with Gasteiger partial charge in [-0.05, 0) is 16.8 Å². The van der Waals surface area contributed by atoms with Gasteiger partial charge >= 0.3 is 0 Å². The molecule has 0 aromatic carbocycles. The summed E-state index contributed by atoms with van der Waals surface area (Å²) in [7, 11) is 0. The van der Waals surface area contributed by atoms with E-state index in [9.17, 15) is 4.79 Å². The Bertz CT molecular complexity index is 440. The van der Waals surface area contributed by atoms with Gasteiger partial charge in [0, 0.05) is 18.7 Å². The number of rotatable bonds is 2. The Hall–Kier alpha value is -1.40. The second-order valence-corrected chi connectivity index (χ2v) is 5.03. The first-order chi connectivity index (χ1) is 8.86. The van der Waals surface area contributed by atoms with Crippen LogP contribution in [0.4, 0.5) is 0 Å². The van der Waals surface area contributed by atoms with Gasteiger partial charge in [-0.3, -0.25) is 4.79 Å². The number of ether oxygens (including phenoxy) is 2. The van der Waals surface area contributed by atoms with Crippen LogP contribution in [0.1, 0.15) is 11.7 Å². The first kappa shape index (κ1) is 11.7. The number of morpholine rings is 1. The molecule has 1 fully saturated rings. The molecule has 1 aromatic rings. The van der Waals surface area contributed by atoms with Gasteiger partial charge in [-0.1, -0.05) is 0 Å². The van der Waals surface area contributed by atoms with Crippen LogP contribution < -0.4 is 0 Å². The molecule has 0 bridgehead atoms. The second kappa shape index (κ2) is 5.07. The summed E-state index contributed by atoms with van der Waals surface area (Å²) < 4.78 is 10.7. The minimum absolute atomic E-state index is 0.0308. The van der Waals surface area contributed by atoms with Gasteiger partial charge in [-0.15, -0.1) is 0 Å². The van der Waals surface area contributed by atoms with Crippen molar-refractivity contribution in [2.75, 3.05) is 26.3 Å². The van der Waals surface area contributed by atoms with Crippen molar-refractivity contribution in [3.05, 3.63) is 22.4 Å². The van der Waals surface area contributed by atoms with Crippen molar-refractivity contribution < 1.29 is 14.3 Å². The monoisotopic (exact) mass is 266 g/mol. The molecule has 96 valence electrons. The highest BCUT2D eigenvalue weighted by molar-refractivity contribution is 7.08. The zero-order valence-electron chi connectivity index (χ0n) is 9.82. The van der Waals surface area contributed by atoms with E-state index >= 15 is 0 Å². The average molecular weight is 266 g/mol. The quantitative estimate of drug-likeness (QED) is 0.804. The zero-order valence-corrected chi connectivity index (χ0v) is 10.6. The summed E-state index contributed by atoms with van der Waals surface area (Å²) >= 11 is 1.60. The fraction of sp³-hybridized carbons (Fsp3) is 0.500. The standard InChI is InChI=1S/C12H14N2O3S/c15-12(14-2-4-16-5-3-14)10-11(17-8-13-10)9-1-6-18-7-9/h1,6-8,10-11H,2-5H2/t10?,11-/m1/s1. The van der Waals surface area contributed by atoms with Crippen molar-refractivity contribution in [2.45, 2.75) is 12.1 Å². The summed E-state index contributed by atoms with van der Waals surface area (Å²) in [5, 5.41) is 3.98. The van der Waals surface area contributed by atoms with Crippen molar-refractivity contribution in [3.8, 4) is 0 Å². The fourth-order valence-electron chi connectivity index (χ4n) is 2.18. The van der Waals surface area contributed by atoms with Crippen LogP contribution in [0.2, 0.25) is 0 Å². The lowest BCUT2D eigenvalue weighted by molar-refractivity contribution is -0.138. The van der Waals surface area contributed by atoms with E-state index in [0.29, 0.717) is 26.3 Å². The van der Waals surface area contributed by atoms with Gasteiger partial charge in [0.15, 0.2) is 18.5 Å². The Morgan fingerprint density at radius 2 is 2.28 bits per heavy atom. The van der Waals surface area contributed by atoms with Crippen molar-refractivity contribution in [1.29, 1.82) is 0 Å². The number of hydrogen-bond donors (Lipinski definition) is 0. The average Bonchev–Trinajstić information content (AvgIpc) is 3.09. The normalized spacial score (nSPS) is 27.2. The van der Waals surface area contributed by atoms with E-state index in [2.05, 4.69) is 4.99 Å². The number of nitrogens with zero attached hydrogens (tertiary/aromatic N) is 2. The van der Waals surface area contributed by atoms with Gasteiger partial charge in [0.25, 0.3) is 5.91 Å². The topological polar surface area (TPSA) is 51.1 Å². The molecule has 0 saturated carbocycles. The summed E-state index contributed by atoms with van der Waals surface area (Å²) in [4.78, 5) is 18.4. The molecule has 1 unspecified atom stereocenters. The van der Waals surface area contributed by atoms with Crippen LogP contribution in [0.5, 0.6) is 0 Å². The highest BCUT2D eigenvalue weighted by atomic mass is 32.1. The Balaban J connectivity index is 1.73. The maximum atomic E-state index is 12.4. The maximum Gasteiger partial charge on any atom is 0.251 e. The molecular weight excluding hydrogens is 252 g/mol. The molecule has 6 heteroatoms. The molecule has 0 aliphatic carbocycles. The third-order valence-corrected chi connectivity index (χ3v) is 3.86. The van der Waals surface area contributed by atoms with E-state index in [-0.39, 0.29) is 12.0 Å². The fourth-order valence-corrected chi connectivity index (χ4v) is 2.86. The molecule has 1 amide bonds. The summed E-state index contributed by atoms with van der Waals surface area (Å²) in [5.41, 5.74) is 1.02. The molecule has 0 spiro atoms. The lowest BCUT2D eigenvalue weighted by atomic mass is 10.0. The number of amides is 1. The van der Waals surface area contributed by atoms with E-state index in [1.54, 1.807) is 16.2 Å². The smallest absolute Gasteiger partial charge is 0.251 e. The Labute approximate surface area is 109 Å². The summed E-state index contributed by atoms with van der Waals surface area (Å²) in [6.45, 7) is 2.49. The van der Waals surface area contributed by atoms with Crippen LogP contribution in [0, 0.1) is 0 Å². The molecule has 1 aromatic heterocycles. The molecule has 5 nitrogen and oxygen atoms in total. The maximum absolute atomic E-state index is 12.4. The number of carbonyl (C=O) groups excluding carboxylic acids is 1. The second-order valence-electron chi connectivity index (χ2n) is 4.25. The number of aliphatic imine (C=N–C) groups is 1. The lowest BCUT2D eigenvalue weighted by Crippen LogP contribution is -2.46. The van der Waals surface area contributed by atoms with Gasteiger partial charge < -0.3 is 14.4 Å². The third-order valence-electron chi connectivity index (χ3n) is 3.16. The van der Waals surface area contributed by atoms with Crippen molar-refractivity contribution in [1.82, 2.24) is 4.90 Å². The van der Waals surface area contributed by atoms with Crippen molar-refractivity contribution in [2.24, 2.45) is 4.99 Å². The van der Waals surface area contributed by atoms with Gasteiger partial charge in [-0.2, -0.15) is 11.3 Å². The van der Waals surface area contributed by atoms with Crippen LogP contribution in [0.25, 0.3) is 0 Å². The lowest BCUT2D eigenvalue weighted by Gasteiger charge is -2.29. The third kappa shape index (κ3) is 2.13. The molecule has 1 saturated heterocycles. The van der Waals surface area contributed by atoms with Gasteiger partial charge in [0.2, 0.25) is 0 Å². The minimum atomic E-state index is -0.447. The molecule has 18 heavy (non-hydrogen) atoms. The van der Waals surface area contributed by atoms with Crippen LogP contribution in [0.3, 0.4) is 0 Å². The Morgan fingerprint density at radius 3 is 3.00 bits per heavy atom. The van der Waals surface area contributed by atoms with Crippen LogP contribution >= 0.6 is 11.3 Å². The van der Waals surface area contributed by atoms with E-state index < -0.39 is 6.04 Å². The largest absolute Gasteiger partial charge is 0.473 e. The Kier molecular flexibility index (Phi) is 3.29. The predicted octanol–water partition coefficient (Wildman–Crippen LogP) is 1.08. The zero-order chi connectivity index (χ0) is 12.4. The Morgan fingerprint density at radius 1 is 1.44 bits per heavy atom. The highest BCUT2D eigenvalue weighted by Gasteiger charge is 2.37. The highest BCUT2D eigenvalue weighted by Crippen LogP contribution is 2.29. The number of hydrogen-bond acceptors (Lipinski definition) is 5. The summed E-state index contributed by atoms with van der Waals surface area (Å²) in [6.07, 6.45) is 1.12. The first-order valence-electron chi connectivity index (χ1n) is 5.92. The summed E-state index contributed by atoms with van der Waals surface area (Å²) in [5.74, 6) is 0.0308. The first-order valence-corrected chi connectivity index (χ1v) is 6.86. The van der Waals surface area contributed by atoms with Gasteiger partial charge in [0.05, 0.1) is 13.2 Å². The van der Waals surface area contributed by atoms with E-state index in [0.717, 1.165) is 5.56 Å². The predicted molar refractivity (Wildman–Crippen MR) is 67.8 cm³/mol. The van der Waals surface area contributed by atoms with Crippen LogP contribution in [0.15, 0.2) is 21.8 Å². The summed E-state index contributed by atoms with van der Waals surface area (Å²) in [6, 6.07) is 1.53. The molecule has 2 aliphatic heterocycles. The molecule has 3 rings (SSSR count). The molecule has 2 aliphatic rings. The number of thiophene rings is 1. The molecule has 2 atom stereocenters. The van der Waals surface area contributed by atoms with E-state index in [1.807, 2.05) is 16.8 Å². The van der Waals surface area contributed by atoms with Crippen LogP contribution in [-0.2, 0) is 14.3 Å².